The molecule has 2 rings (SSSR count). The van der Waals surface area contributed by atoms with Crippen LogP contribution >= 0.6 is 0 Å². The first kappa shape index (κ1) is 10.4. The van der Waals surface area contributed by atoms with Crippen molar-refractivity contribution in [1.29, 1.82) is 0 Å². The van der Waals surface area contributed by atoms with Gasteiger partial charge in [0.25, 0.3) is 0 Å². The van der Waals surface area contributed by atoms with Crippen molar-refractivity contribution in [3.63, 3.8) is 0 Å². The molecule has 0 saturated heterocycles. The first-order valence-corrected chi connectivity index (χ1v) is 4.99. The molecular weight excluding hydrogens is 201 g/mol. The number of alkyl halides is 3. The van der Waals surface area contributed by atoms with Gasteiger partial charge in [0.15, 0.2) is 0 Å². The molecule has 0 aromatic heterocycles. The van der Waals surface area contributed by atoms with Crippen LogP contribution < -0.4 is 0 Å². The molecule has 0 bridgehead atoms. The summed E-state index contributed by atoms with van der Waals surface area (Å²) in [4.78, 5) is 0. The van der Waals surface area contributed by atoms with Gasteiger partial charge in [0, 0.05) is 36.1 Å². The lowest BCUT2D eigenvalue weighted by Gasteiger charge is -2.08. The lowest BCUT2D eigenvalue weighted by Crippen LogP contribution is -2.12. The summed E-state index contributed by atoms with van der Waals surface area (Å²) in [6.07, 6.45) is 3.58. The fourth-order valence-electron chi connectivity index (χ4n) is 1.69. The Balaban J connectivity index is 2.27. The second-order valence-corrected chi connectivity index (χ2v) is 4.04. The normalized spacial score (nSPS) is 24.7. The van der Waals surface area contributed by atoms with E-state index in [9.17, 15) is 13.2 Å². The van der Waals surface area contributed by atoms with Crippen molar-refractivity contribution in [2.45, 2.75) is 25.9 Å². The molecule has 0 radical (unpaired) electrons. The smallest absolute Gasteiger partial charge is 0.164 e. The fraction of sp³-hybridized carbons (Fsp3) is 0.417. The third-order valence-electron chi connectivity index (χ3n) is 2.83. The van der Waals surface area contributed by atoms with E-state index in [-0.39, 0.29) is 0 Å². The van der Waals surface area contributed by atoms with E-state index in [0.29, 0.717) is 5.92 Å². The van der Waals surface area contributed by atoms with Crippen molar-refractivity contribution in [3.05, 3.63) is 41.4 Å². The molecule has 0 heterocycles. The van der Waals surface area contributed by atoms with Crippen molar-refractivity contribution in [3.8, 4) is 0 Å². The molecule has 0 spiro atoms. The van der Waals surface area contributed by atoms with Crippen LogP contribution in [0, 0.1) is 12.3 Å². The Labute approximate surface area is 87.2 Å². The lowest BCUT2D eigenvalue weighted by molar-refractivity contribution is -0.0883. The van der Waals surface area contributed by atoms with Gasteiger partial charge in [-0.25, -0.2) is 0 Å². The summed E-state index contributed by atoms with van der Waals surface area (Å²) >= 11 is 0. The molecule has 0 nitrogen and oxygen atoms in total. The average molecular weight is 213 g/mol. The van der Waals surface area contributed by atoms with Gasteiger partial charge in [0.2, 0.25) is 0 Å². The van der Waals surface area contributed by atoms with Crippen molar-refractivity contribution in [2.75, 3.05) is 0 Å². The first-order valence-electron chi connectivity index (χ1n) is 4.99. The topological polar surface area (TPSA) is 0 Å². The van der Waals surface area contributed by atoms with Gasteiger partial charge in [-0.2, -0.15) is 13.2 Å². The van der Waals surface area contributed by atoms with Crippen molar-refractivity contribution in [1.82, 2.24) is 0 Å². The fourth-order valence-corrected chi connectivity index (χ4v) is 1.69. The molecule has 0 unspecified atom stereocenters. The van der Waals surface area contributed by atoms with E-state index in [2.05, 4.69) is 0 Å². The molecule has 1 saturated carbocycles. The molecule has 3 heteroatoms. The molecule has 0 aromatic rings. The van der Waals surface area contributed by atoms with Crippen molar-refractivity contribution in [2.24, 2.45) is 5.92 Å². The third-order valence-corrected chi connectivity index (χ3v) is 2.83. The van der Waals surface area contributed by atoms with Gasteiger partial charge >= 0.3 is 6.18 Å². The summed E-state index contributed by atoms with van der Waals surface area (Å²) in [5, 5.41) is 0. The summed E-state index contributed by atoms with van der Waals surface area (Å²) < 4.78 is 37.3. The summed E-state index contributed by atoms with van der Waals surface area (Å²) in [6, 6.07) is 0. The molecule has 80 valence electrons. The van der Waals surface area contributed by atoms with Gasteiger partial charge in [-0.15, -0.1) is 0 Å². The molecule has 0 N–H and O–H groups in total. The van der Waals surface area contributed by atoms with E-state index in [1.807, 2.05) is 6.92 Å². The Morgan fingerprint density at radius 1 is 1.40 bits per heavy atom. The summed E-state index contributed by atoms with van der Waals surface area (Å²) in [7, 11) is 0. The Morgan fingerprint density at radius 3 is 2.60 bits per heavy atom. The summed E-state index contributed by atoms with van der Waals surface area (Å²) in [5.41, 5.74) is 1.26. The average Bonchev–Trinajstić information content (AvgIpc) is 2.99. The summed E-state index contributed by atoms with van der Waals surface area (Å²) in [6.45, 7) is 1.92. The van der Waals surface area contributed by atoms with Crippen molar-refractivity contribution >= 4 is 0 Å². The number of allylic oxidation sites excluding steroid dienone is 6. The minimum atomic E-state index is -4.24. The maximum atomic E-state index is 12.4. The third kappa shape index (κ3) is 2.28. The Bertz CT molecular complexity index is 352. The van der Waals surface area contributed by atoms with E-state index < -0.39 is 11.7 Å². The van der Waals surface area contributed by atoms with Crippen LogP contribution in [0.3, 0.4) is 0 Å². The van der Waals surface area contributed by atoms with E-state index in [1.165, 1.54) is 12.2 Å². The second kappa shape index (κ2) is 3.47. The highest BCUT2D eigenvalue weighted by molar-refractivity contribution is 5.48. The van der Waals surface area contributed by atoms with Gasteiger partial charge in [0.05, 0.1) is 5.57 Å². The lowest BCUT2D eigenvalue weighted by atomic mass is 9.95. The largest absolute Gasteiger partial charge is 0.434 e. The highest BCUT2D eigenvalue weighted by atomic mass is 19.4. The Hall–Kier alpha value is -1.12. The SMILES string of the molecule is C/C(=C1\C=C(C(F)(F)F)C=C[CH+]1)C1CC1. The van der Waals surface area contributed by atoms with Crippen LogP contribution in [0.25, 0.3) is 0 Å². The first-order chi connectivity index (χ1) is 6.98. The molecule has 0 aromatic carbocycles. The Kier molecular flexibility index (Phi) is 2.41. The molecule has 15 heavy (non-hydrogen) atoms. The molecular formula is C12H12F3+. The predicted octanol–water partition coefficient (Wildman–Crippen LogP) is 3.98. The van der Waals surface area contributed by atoms with E-state index in [4.69, 9.17) is 0 Å². The van der Waals surface area contributed by atoms with Gasteiger partial charge in [0.1, 0.15) is 5.57 Å². The second-order valence-electron chi connectivity index (χ2n) is 4.04. The quantitative estimate of drug-likeness (QED) is 0.578. The highest BCUT2D eigenvalue weighted by Gasteiger charge is 2.38. The van der Waals surface area contributed by atoms with Crippen molar-refractivity contribution < 1.29 is 13.2 Å². The molecule has 2 aliphatic carbocycles. The zero-order valence-corrected chi connectivity index (χ0v) is 8.43. The van der Waals surface area contributed by atoms with Crippen LogP contribution in [0.5, 0.6) is 0 Å². The van der Waals surface area contributed by atoms with E-state index in [1.54, 1.807) is 6.42 Å². The highest BCUT2D eigenvalue weighted by Crippen LogP contribution is 2.40. The standard InChI is InChI=1S/C12H12F3/c1-8(9-5-6-9)10-3-2-4-11(7-10)12(13,14)15/h2-4,7,9H,5-6H2,1H3/q+1/b10-8+. The maximum absolute atomic E-state index is 12.4. The van der Waals surface area contributed by atoms with Crippen LogP contribution in [-0.2, 0) is 0 Å². The number of hydrogen-bond donors (Lipinski definition) is 0. The zero-order chi connectivity index (χ0) is 11.1. The molecule has 0 amide bonds. The monoisotopic (exact) mass is 213 g/mol. The van der Waals surface area contributed by atoms with Crippen LogP contribution in [0.1, 0.15) is 19.8 Å². The minimum absolute atomic E-state index is 0.508. The molecule has 2 aliphatic rings. The van der Waals surface area contributed by atoms with Gasteiger partial charge in [-0.05, 0) is 19.8 Å². The van der Waals surface area contributed by atoms with Crippen LogP contribution in [0.15, 0.2) is 34.9 Å². The number of halogens is 3. The number of hydrogen-bond acceptors (Lipinski definition) is 0. The van der Waals surface area contributed by atoms with Gasteiger partial charge < -0.3 is 0 Å². The van der Waals surface area contributed by atoms with Gasteiger partial charge in [-0.1, -0.05) is 0 Å². The molecule has 0 atom stereocenters. The Morgan fingerprint density at radius 2 is 2.07 bits per heavy atom. The van der Waals surface area contributed by atoms with Crippen LogP contribution in [0.4, 0.5) is 13.2 Å². The van der Waals surface area contributed by atoms with Crippen LogP contribution in [-0.4, -0.2) is 6.18 Å². The summed E-state index contributed by atoms with van der Waals surface area (Å²) in [5.74, 6) is 0.508. The molecule has 1 fully saturated rings. The van der Waals surface area contributed by atoms with E-state index in [0.717, 1.165) is 30.1 Å². The molecule has 0 aliphatic heterocycles. The van der Waals surface area contributed by atoms with E-state index >= 15 is 0 Å². The van der Waals surface area contributed by atoms with Gasteiger partial charge in [-0.3, -0.25) is 0 Å². The van der Waals surface area contributed by atoms with Crippen LogP contribution in [0.2, 0.25) is 0 Å². The minimum Gasteiger partial charge on any atom is -0.164 e. The number of rotatable bonds is 1. The maximum Gasteiger partial charge on any atom is 0.434 e. The predicted molar refractivity (Wildman–Crippen MR) is 53.0 cm³/mol. The zero-order valence-electron chi connectivity index (χ0n) is 8.43.